The van der Waals surface area contributed by atoms with E-state index in [-0.39, 0.29) is 11.5 Å². The van der Waals surface area contributed by atoms with Gasteiger partial charge in [0, 0.05) is 29.8 Å². The first-order valence-corrected chi connectivity index (χ1v) is 12.9. The number of hydrogen-bond donors (Lipinski definition) is 2. The summed E-state index contributed by atoms with van der Waals surface area (Å²) >= 11 is 0. The van der Waals surface area contributed by atoms with Gasteiger partial charge >= 0.3 is 0 Å². The van der Waals surface area contributed by atoms with E-state index in [0.717, 1.165) is 52.6 Å². The molecule has 3 atom stereocenters. The van der Waals surface area contributed by atoms with Crippen LogP contribution in [-0.2, 0) is 0 Å². The highest BCUT2D eigenvalue weighted by atomic mass is 16.5. The summed E-state index contributed by atoms with van der Waals surface area (Å²) in [5, 5.41) is 20.6. The second kappa shape index (κ2) is 10.4. The third-order valence-corrected chi connectivity index (χ3v) is 7.51. The lowest BCUT2D eigenvalue weighted by atomic mass is 9.86. The van der Waals surface area contributed by atoms with Gasteiger partial charge < -0.3 is 24.4 Å². The zero-order chi connectivity index (χ0) is 26.1. The summed E-state index contributed by atoms with van der Waals surface area (Å²) in [7, 11) is 1.52. The van der Waals surface area contributed by atoms with E-state index in [1.165, 1.54) is 13.5 Å². The monoisotopic (exact) mass is 501 g/mol. The Labute approximate surface area is 218 Å². The molecule has 0 bridgehead atoms. The van der Waals surface area contributed by atoms with Crippen LogP contribution in [-0.4, -0.2) is 48.0 Å². The number of hydrogen-bond acceptors (Lipinski definition) is 6. The van der Waals surface area contributed by atoms with Crippen molar-refractivity contribution >= 4 is 11.1 Å². The van der Waals surface area contributed by atoms with Gasteiger partial charge in [-0.2, -0.15) is 0 Å². The zero-order valence-corrected chi connectivity index (χ0v) is 21.9. The molecule has 0 spiro atoms. The minimum Gasteiger partial charge on any atom is -0.508 e. The molecular weight excluding hydrogens is 466 g/mol. The van der Waals surface area contributed by atoms with Crippen molar-refractivity contribution < 1.29 is 24.4 Å². The third-order valence-electron chi connectivity index (χ3n) is 7.51. The maximum absolute atomic E-state index is 10.4. The molecule has 5 rings (SSSR count). The normalized spacial score (nSPS) is 20.3. The van der Waals surface area contributed by atoms with Crippen molar-refractivity contribution in [3.8, 4) is 28.7 Å². The SMILES string of the molecule is COc1cc2c(cc1O)C(C)=C(c1cccc(O)c1)C(c1ccc(OC[C@H](C)N3CC[C@@H](C)C3)cc1)O2. The molecule has 1 fully saturated rings. The molecule has 0 radical (unpaired) electrons. The highest BCUT2D eigenvalue weighted by molar-refractivity contribution is 5.96. The molecule has 2 aliphatic heterocycles. The molecular formula is C31H35NO5. The van der Waals surface area contributed by atoms with Crippen LogP contribution in [0, 0.1) is 5.92 Å². The Morgan fingerprint density at radius 1 is 1.08 bits per heavy atom. The quantitative estimate of drug-likeness (QED) is 0.397. The fraction of sp³-hybridized carbons (Fsp3) is 0.355. The van der Waals surface area contributed by atoms with Crippen LogP contribution in [0.5, 0.6) is 28.7 Å². The average Bonchev–Trinajstić information content (AvgIpc) is 3.34. The molecule has 2 N–H and O–H groups in total. The number of fused-ring (bicyclic) bond motifs is 1. The van der Waals surface area contributed by atoms with Crippen LogP contribution in [0.15, 0.2) is 60.7 Å². The highest BCUT2D eigenvalue weighted by Gasteiger charge is 2.31. The van der Waals surface area contributed by atoms with Crippen LogP contribution in [0.2, 0.25) is 0 Å². The Hall–Kier alpha value is -3.64. The smallest absolute Gasteiger partial charge is 0.164 e. The largest absolute Gasteiger partial charge is 0.508 e. The first-order chi connectivity index (χ1) is 17.8. The van der Waals surface area contributed by atoms with Gasteiger partial charge in [0.05, 0.1) is 7.11 Å². The van der Waals surface area contributed by atoms with Gasteiger partial charge in [0.15, 0.2) is 11.5 Å². The lowest BCUT2D eigenvalue weighted by Crippen LogP contribution is -2.35. The summed E-state index contributed by atoms with van der Waals surface area (Å²) < 4.78 is 18.0. The van der Waals surface area contributed by atoms with Crippen molar-refractivity contribution in [2.75, 3.05) is 26.8 Å². The third kappa shape index (κ3) is 5.12. The maximum atomic E-state index is 10.4. The predicted molar refractivity (Wildman–Crippen MR) is 145 cm³/mol. The van der Waals surface area contributed by atoms with Crippen molar-refractivity contribution in [1.29, 1.82) is 0 Å². The molecule has 3 aromatic rings. The fourth-order valence-electron chi connectivity index (χ4n) is 5.34. The number of benzene rings is 3. The summed E-state index contributed by atoms with van der Waals surface area (Å²) in [5.74, 6) is 2.81. The Morgan fingerprint density at radius 3 is 2.54 bits per heavy atom. The van der Waals surface area contributed by atoms with Crippen molar-refractivity contribution in [1.82, 2.24) is 4.90 Å². The Morgan fingerprint density at radius 2 is 1.86 bits per heavy atom. The van der Waals surface area contributed by atoms with Crippen LogP contribution in [0.3, 0.4) is 0 Å². The predicted octanol–water partition coefficient (Wildman–Crippen LogP) is 6.28. The second-order valence-corrected chi connectivity index (χ2v) is 10.2. The number of rotatable bonds is 7. The van der Waals surface area contributed by atoms with Crippen LogP contribution in [0.1, 0.15) is 50.0 Å². The maximum Gasteiger partial charge on any atom is 0.164 e. The van der Waals surface area contributed by atoms with Gasteiger partial charge in [-0.1, -0.05) is 31.2 Å². The minimum atomic E-state index is -0.414. The van der Waals surface area contributed by atoms with Crippen LogP contribution >= 0.6 is 0 Å². The Kier molecular flexibility index (Phi) is 7.02. The fourth-order valence-corrected chi connectivity index (χ4v) is 5.34. The molecule has 0 amide bonds. The Balaban J connectivity index is 1.44. The molecule has 194 valence electrons. The number of likely N-dealkylation sites (tertiary alicyclic amines) is 1. The molecule has 0 aromatic heterocycles. The number of nitrogens with zero attached hydrogens (tertiary/aromatic N) is 1. The lowest BCUT2D eigenvalue weighted by molar-refractivity contribution is 0.169. The van der Waals surface area contributed by atoms with Crippen molar-refractivity contribution in [2.45, 2.75) is 39.3 Å². The van der Waals surface area contributed by atoms with Gasteiger partial charge in [-0.3, -0.25) is 4.90 Å². The number of allylic oxidation sites excluding steroid dienone is 1. The van der Waals surface area contributed by atoms with E-state index in [1.54, 1.807) is 24.3 Å². The number of methoxy groups -OCH3 is 1. The van der Waals surface area contributed by atoms with E-state index in [0.29, 0.717) is 24.1 Å². The summed E-state index contributed by atoms with van der Waals surface area (Å²) in [5.41, 5.74) is 4.50. The molecule has 6 nitrogen and oxygen atoms in total. The number of phenolic OH excluding ortho intramolecular Hbond substituents is 2. The average molecular weight is 502 g/mol. The van der Waals surface area contributed by atoms with Crippen molar-refractivity contribution in [3.05, 3.63) is 77.4 Å². The van der Waals surface area contributed by atoms with E-state index in [1.807, 2.05) is 43.3 Å². The molecule has 0 saturated carbocycles. The van der Waals surface area contributed by atoms with Gasteiger partial charge in [0.25, 0.3) is 0 Å². The summed E-state index contributed by atoms with van der Waals surface area (Å²) in [6.45, 7) is 9.46. The molecule has 3 aromatic carbocycles. The van der Waals surface area contributed by atoms with Crippen molar-refractivity contribution in [2.24, 2.45) is 5.92 Å². The van der Waals surface area contributed by atoms with Gasteiger partial charge in [0.2, 0.25) is 0 Å². The topological polar surface area (TPSA) is 71.4 Å². The highest BCUT2D eigenvalue weighted by Crippen LogP contribution is 2.49. The zero-order valence-electron chi connectivity index (χ0n) is 21.9. The van der Waals surface area contributed by atoms with E-state index in [4.69, 9.17) is 14.2 Å². The molecule has 6 heteroatoms. The minimum absolute atomic E-state index is 0.0528. The molecule has 1 unspecified atom stereocenters. The van der Waals surface area contributed by atoms with Crippen LogP contribution in [0.4, 0.5) is 0 Å². The van der Waals surface area contributed by atoms with Crippen LogP contribution in [0.25, 0.3) is 11.1 Å². The number of phenols is 2. The van der Waals surface area contributed by atoms with Gasteiger partial charge in [0.1, 0.15) is 30.0 Å². The first-order valence-electron chi connectivity index (χ1n) is 12.9. The molecule has 1 saturated heterocycles. The lowest BCUT2D eigenvalue weighted by Gasteiger charge is -2.31. The number of aromatic hydroxyl groups is 2. The molecule has 2 aliphatic rings. The summed E-state index contributed by atoms with van der Waals surface area (Å²) in [6.07, 6.45) is 0.839. The first kappa shape index (κ1) is 25.0. The second-order valence-electron chi connectivity index (χ2n) is 10.2. The van der Waals surface area contributed by atoms with Crippen LogP contribution < -0.4 is 14.2 Å². The number of ether oxygens (including phenoxy) is 3. The Bertz CT molecular complexity index is 1300. The molecule has 0 aliphatic carbocycles. The molecule has 2 heterocycles. The van der Waals surface area contributed by atoms with Gasteiger partial charge in [-0.25, -0.2) is 0 Å². The van der Waals surface area contributed by atoms with E-state index < -0.39 is 6.10 Å². The summed E-state index contributed by atoms with van der Waals surface area (Å²) in [6, 6.07) is 19.0. The van der Waals surface area contributed by atoms with Crippen molar-refractivity contribution in [3.63, 3.8) is 0 Å². The van der Waals surface area contributed by atoms with E-state index in [9.17, 15) is 10.2 Å². The van der Waals surface area contributed by atoms with Gasteiger partial charge in [-0.15, -0.1) is 0 Å². The van der Waals surface area contributed by atoms with E-state index >= 15 is 0 Å². The molecule has 37 heavy (non-hydrogen) atoms. The van der Waals surface area contributed by atoms with E-state index in [2.05, 4.69) is 18.7 Å². The standard InChI is InChI=1S/C31H35NO5/c1-19-12-13-32(17-19)20(2)18-36-25-10-8-22(9-11-25)31-30(23-6-5-7-24(33)14-23)21(3)26-15-27(34)29(35-4)16-28(26)37-31/h5-11,14-16,19-20,31,33-34H,12-13,17-18H2,1-4H3/t19-,20+,31?/m1/s1. The van der Waals surface area contributed by atoms with Gasteiger partial charge in [-0.05, 0) is 79.8 Å². The summed E-state index contributed by atoms with van der Waals surface area (Å²) in [4.78, 5) is 2.49.